The molecule has 1 amide bonds. The number of carbonyl (C=O) groups excluding carboxylic acids is 1. The number of nitrogens with one attached hydrogen (secondary N) is 1. The zero-order chi connectivity index (χ0) is 15.5. The molecular weight excluding hydrogens is 294 g/mol. The Morgan fingerprint density at radius 1 is 1.38 bits per heavy atom. The molecule has 1 aromatic rings. The van der Waals surface area contributed by atoms with Gasteiger partial charge in [-0.3, -0.25) is 4.18 Å². The van der Waals surface area contributed by atoms with Gasteiger partial charge in [0.2, 0.25) is 0 Å². The van der Waals surface area contributed by atoms with E-state index in [1.165, 1.54) is 0 Å². The van der Waals surface area contributed by atoms with Crippen molar-refractivity contribution in [1.29, 1.82) is 0 Å². The van der Waals surface area contributed by atoms with Crippen molar-refractivity contribution in [3.63, 3.8) is 0 Å². The predicted molar refractivity (Wildman–Crippen MR) is 77.1 cm³/mol. The largest absolute Gasteiger partial charge is 0.445 e. The van der Waals surface area contributed by atoms with Crippen molar-refractivity contribution < 1.29 is 22.1 Å². The standard InChI is InChI=1S/C14H19NO5S/c1-14(8-12(14)10-20-21(2,17)18)15-13(16)19-9-11-6-4-3-5-7-11/h3-7,12H,8-10H2,1-2H3,(H,15,16). The lowest BCUT2D eigenvalue weighted by molar-refractivity contribution is 0.133. The summed E-state index contributed by atoms with van der Waals surface area (Å²) in [5.74, 6) is -0.0171. The first-order valence-electron chi connectivity index (χ1n) is 6.62. The van der Waals surface area contributed by atoms with Crippen molar-refractivity contribution >= 4 is 16.2 Å². The van der Waals surface area contributed by atoms with Crippen LogP contribution in [0.1, 0.15) is 18.9 Å². The van der Waals surface area contributed by atoms with Gasteiger partial charge in [0.25, 0.3) is 10.1 Å². The van der Waals surface area contributed by atoms with E-state index in [2.05, 4.69) is 5.32 Å². The minimum absolute atomic E-state index is 0.0171. The third-order valence-electron chi connectivity index (χ3n) is 3.50. The van der Waals surface area contributed by atoms with E-state index in [0.717, 1.165) is 11.8 Å². The van der Waals surface area contributed by atoms with Crippen molar-refractivity contribution in [2.45, 2.75) is 25.5 Å². The van der Waals surface area contributed by atoms with Crippen LogP contribution in [0.4, 0.5) is 4.79 Å². The molecule has 2 atom stereocenters. The quantitative estimate of drug-likeness (QED) is 0.808. The molecule has 0 aromatic heterocycles. The Morgan fingerprint density at radius 3 is 2.67 bits per heavy atom. The average Bonchev–Trinajstić information content (AvgIpc) is 3.05. The van der Waals surface area contributed by atoms with Crippen molar-refractivity contribution in [2.75, 3.05) is 12.9 Å². The lowest BCUT2D eigenvalue weighted by Gasteiger charge is -2.14. The molecule has 6 nitrogen and oxygen atoms in total. The van der Waals surface area contributed by atoms with Crippen molar-refractivity contribution in [1.82, 2.24) is 5.32 Å². The summed E-state index contributed by atoms with van der Waals surface area (Å²) in [6.07, 6.45) is 1.17. The summed E-state index contributed by atoms with van der Waals surface area (Å²) in [6.45, 7) is 2.12. The maximum absolute atomic E-state index is 11.7. The van der Waals surface area contributed by atoms with E-state index in [4.69, 9.17) is 8.92 Å². The van der Waals surface area contributed by atoms with Gasteiger partial charge < -0.3 is 10.1 Å². The van der Waals surface area contributed by atoms with E-state index in [0.29, 0.717) is 6.42 Å². The summed E-state index contributed by atoms with van der Waals surface area (Å²) in [5, 5.41) is 2.75. The summed E-state index contributed by atoms with van der Waals surface area (Å²) >= 11 is 0. The number of benzene rings is 1. The predicted octanol–water partition coefficient (Wildman–Crippen LogP) is 1.67. The molecule has 0 spiro atoms. The van der Waals surface area contributed by atoms with E-state index in [1.807, 2.05) is 37.3 Å². The summed E-state index contributed by atoms with van der Waals surface area (Å²) < 4.78 is 31.7. The number of hydrogen-bond donors (Lipinski definition) is 1. The number of carbonyl (C=O) groups is 1. The second-order valence-corrected chi connectivity index (χ2v) is 7.14. The Hall–Kier alpha value is -1.60. The van der Waals surface area contributed by atoms with Crippen LogP contribution in [0.2, 0.25) is 0 Å². The van der Waals surface area contributed by atoms with Gasteiger partial charge in [0.15, 0.2) is 0 Å². The highest BCUT2D eigenvalue weighted by atomic mass is 32.2. The highest BCUT2D eigenvalue weighted by Gasteiger charge is 2.52. The Labute approximate surface area is 124 Å². The first-order chi connectivity index (χ1) is 9.78. The van der Waals surface area contributed by atoms with Crippen LogP contribution in [0.3, 0.4) is 0 Å². The molecule has 0 heterocycles. The van der Waals surface area contributed by atoms with Gasteiger partial charge >= 0.3 is 6.09 Å². The second-order valence-electron chi connectivity index (χ2n) is 5.49. The molecule has 116 valence electrons. The van der Waals surface area contributed by atoms with Crippen molar-refractivity contribution in [3.05, 3.63) is 35.9 Å². The van der Waals surface area contributed by atoms with E-state index in [1.54, 1.807) is 0 Å². The van der Waals surface area contributed by atoms with Crippen LogP contribution in [-0.2, 0) is 25.6 Å². The minimum atomic E-state index is -3.45. The second kappa shape index (κ2) is 6.03. The van der Waals surface area contributed by atoms with Crippen LogP contribution in [0.15, 0.2) is 30.3 Å². The van der Waals surface area contributed by atoms with Gasteiger partial charge in [-0.25, -0.2) is 4.79 Å². The monoisotopic (exact) mass is 313 g/mol. The maximum atomic E-state index is 11.7. The summed E-state index contributed by atoms with van der Waals surface area (Å²) in [4.78, 5) is 11.7. The van der Waals surface area contributed by atoms with Gasteiger partial charge in [-0.2, -0.15) is 8.42 Å². The topological polar surface area (TPSA) is 81.7 Å². The molecule has 0 radical (unpaired) electrons. The summed E-state index contributed by atoms with van der Waals surface area (Å²) in [5.41, 5.74) is 0.448. The molecule has 0 bridgehead atoms. The molecule has 1 saturated carbocycles. The van der Waals surface area contributed by atoms with Crippen LogP contribution in [0.25, 0.3) is 0 Å². The highest BCUT2D eigenvalue weighted by Crippen LogP contribution is 2.43. The fraction of sp³-hybridized carbons (Fsp3) is 0.500. The molecule has 1 N–H and O–H groups in total. The molecule has 1 fully saturated rings. The summed E-state index contributed by atoms with van der Waals surface area (Å²) in [6, 6.07) is 9.37. The van der Waals surface area contributed by atoms with Crippen LogP contribution in [0.5, 0.6) is 0 Å². The number of alkyl carbamates (subject to hydrolysis) is 1. The van der Waals surface area contributed by atoms with E-state index in [9.17, 15) is 13.2 Å². The molecule has 21 heavy (non-hydrogen) atoms. The van der Waals surface area contributed by atoms with Crippen molar-refractivity contribution in [3.8, 4) is 0 Å². The molecule has 0 aliphatic heterocycles. The maximum Gasteiger partial charge on any atom is 0.407 e. The third-order valence-corrected chi connectivity index (χ3v) is 4.06. The van der Waals surface area contributed by atoms with Crippen LogP contribution < -0.4 is 5.32 Å². The lowest BCUT2D eigenvalue weighted by Crippen LogP contribution is -2.37. The average molecular weight is 313 g/mol. The fourth-order valence-corrected chi connectivity index (χ4v) is 2.46. The lowest BCUT2D eigenvalue weighted by atomic mass is 10.2. The normalized spacial score (nSPS) is 24.4. The molecule has 7 heteroatoms. The number of amides is 1. The van der Waals surface area contributed by atoms with Crippen LogP contribution in [-0.4, -0.2) is 32.9 Å². The Balaban J connectivity index is 1.73. The van der Waals surface area contributed by atoms with Gasteiger partial charge in [0.05, 0.1) is 12.9 Å². The van der Waals surface area contributed by atoms with Gasteiger partial charge in [-0.15, -0.1) is 0 Å². The Morgan fingerprint density at radius 2 is 2.05 bits per heavy atom. The third kappa shape index (κ3) is 5.02. The minimum Gasteiger partial charge on any atom is -0.445 e. The fourth-order valence-electron chi connectivity index (χ4n) is 2.05. The van der Waals surface area contributed by atoms with E-state index in [-0.39, 0.29) is 19.1 Å². The first kappa shape index (κ1) is 15.8. The van der Waals surface area contributed by atoms with E-state index < -0.39 is 21.8 Å². The van der Waals surface area contributed by atoms with Gasteiger partial charge in [-0.1, -0.05) is 30.3 Å². The van der Waals surface area contributed by atoms with Gasteiger partial charge in [0.1, 0.15) is 6.61 Å². The zero-order valence-corrected chi connectivity index (χ0v) is 12.9. The molecule has 2 unspecified atom stereocenters. The van der Waals surface area contributed by atoms with Gasteiger partial charge in [0, 0.05) is 11.5 Å². The van der Waals surface area contributed by atoms with Gasteiger partial charge in [-0.05, 0) is 18.9 Å². The Bertz CT molecular complexity index is 601. The summed E-state index contributed by atoms with van der Waals surface area (Å²) in [7, 11) is -3.45. The van der Waals surface area contributed by atoms with Crippen molar-refractivity contribution in [2.24, 2.45) is 5.92 Å². The molecule has 1 aliphatic rings. The Kier molecular flexibility index (Phi) is 4.53. The smallest absolute Gasteiger partial charge is 0.407 e. The molecule has 1 aromatic carbocycles. The number of rotatable bonds is 6. The molecular formula is C14H19NO5S. The molecule has 0 saturated heterocycles. The van der Waals surface area contributed by atoms with Crippen LogP contribution in [0, 0.1) is 5.92 Å². The van der Waals surface area contributed by atoms with E-state index >= 15 is 0 Å². The number of hydrogen-bond acceptors (Lipinski definition) is 5. The van der Waals surface area contributed by atoms with Crippen LogP contribution >= 0.6 is 0 Å². The molecule has 2 rings (SSSR count). The number of ether oxygens (including phenoxy) is 1. The zero-order valence-electron chi connectivity index (χ0n) is 12.0. The highest BCUT2D eigenvalue weighted by molar-refractivity contribution is 7.85. The SMILES string of the molecule is CC1(NC(=O)OCc2ccccc2)CC1COS(C)(=O)=O. The molecule has 1 aliphatic carbocycles. The first-order valence-corrected chi connectivity index (χ1v) is 8.43.